The van der Waals surface area contributed by atoms with E-state index in [0.717, 1.165) is 28.5 Å². The van der Waals surface area contributed by atoms with Gasteiger partial charge in [0, 0.05) is 5.39 Å². The minimum absolute atomic E-state index is 0.0270. The highest BCUT2D eigenvalue weighted by Crippen LogP contribution is 2.65. The summed E-state index contributed by atoms with van der Waals surface area (Å²) in [6.07, 6.45) is 5.01. The van der Waals surface area contributed by atoms with Crippen LogP contribution in [-0.2, 0) is 26.9 Å². The molecule has 3 aromatic rings. The van der Waals surface area contributed by atoms with Crippen molar-refractivity contribution in [3.05, 3.63) is 72.0 Å². The molecule has 2 bridgehead atoms. The standard InChI is InChI=1S/C28H32BNO4/c1-27(2)20-15-23(27)28(3)24(16-20)33-29(34-28)25(30-26(31)13-18-9-5-4-6-10-18)14-19-17-32-22-12-8-7-11-21(19)22/h4-12,17,20,23-25H,13-16H2,1-3H3,(H,30,31)/t20-,23-,24+,25-,28-/m0/s1. The molecule has 2 heterocycles. The number of hydrogen-bond acceptors (Lipinski definition) is 4. The number of rotatable bonds is 6. The maximum atomic E-state index is 13.1. The topological polar surface area (TPSA) is 60.7 Å². The van der Waals surface area contributed by atoms with Crippen LogP contribution in [-0.4, -0.2) is 30.7 Å². The van der Waals surface area contributed by atoms with Crippen LogP contribution >= 0.6 is 0 Å². The van der Waals surface area contributed by atoms with E-state index in [1.807, 2.05) is 48.5 Å². The van der Waals surface area contributed by atoms with E-state index in [0.29, 0.717) is 24.7 Å². The van der Waals surface area contributed by atoms with Crippen LogP contribution in [0.15, 0.2) is 65.3 Å². The molecule has 1 aromatic heterocycles. The molecule has 3 saturated carbocycles. The number of amides is 1. The molecule has 4 aliphatic rings. The second-order valence-electron chi connectivity index (χ2n) is 11.1. The molecule has 6 heteroatoms. The summed E-state index contributed by atoms with van der Waals surface area (Å²) < 4.78 is 19.1. The summed E-state index contributed by atoms with van der Waals surface area (Å²) in [6.45, 7) is 6.94. The second-order valence-corrected chi connectivity index (χ2v) is 11.1. The molecular formula is C28H32BNO4. The zero-order chi connectivity index (χ0) is 23.5. The number of nitrogens with one attached hydrogen (secondary N) is 1. The van der Waals surface area contributed by atoms with Crippen LogP contribution in [0.5, 0.6) is 0 Å². The summed E-state index contributed by atoms with van der Waals surface area (Å²) in [5.41, 5.74) is 2.85. The smallest absolute Gasteiger partial charge is 0.464 e. The van der Waals surface area contributed by atoms with Crippen LogP contribution in [0.4, 0.5) is 0 Å². The van der Waals surface area contributed by atoms with Gasteiger partial charge in [-0.1, -0.05) is 62.4 Å². The summed E-state index contributed by atoms with van der Waals surface area (Å²) in [7, 11) is -0.487. The largest absolute Gasteiger partial charge is 0.482 e. The molecule has 1 N–H and O–H groups in total. The van der Waals surface area contributed by atoms with Crippen LogP contribution in [0.2, 0.25) is 0 Å². The lowest BCUT2D eigenvalue weighted by molar-refractivity contribution is -0.199. The van der Waals surface area contributed by atoms with Crippen molar-refractivity contribution in [2.24, 2.45) is 17.3 Å². The molecule has 34 heavy (non-hydrogen) atoms. The Hall–Kier alpha value is -2.57. The highest BCUT2D eigenvalue weighted by Gasteiger charge is 2.68. The van der Waals surface area contributed by atoms with Crippen LogP contribution in [0.25, 0.3) is 11.0 Å². The highest BCUT2D eigenvalue weighted by atomic mass is 16.7. The Morgan fingerprint density at radius 3 is 2.65 bits per heavy atom. The predicted octanol–water partition coefficient (Wildman–Crippen LogP) is 4.97. The Bertz CT molecular complexity index is 1210. The number of carbonyl (C=O) groups excluding carboxylic acids is 1. The fourth-order valence-electron chi connectivity index (χ4n) is 6.75. The van der Waals surface area contributed by atoms with E-state index < -0.39 is 7.12 Å². The van der Waals surface area contributed by atoms with Gasteiger partial charge in [-0.25, -0.2) is 0 Å². The van der Waals surface area contributed by atoms with Crippen molar-refractivity contribution in [3.63, 3.8) is 0 Å². The first kappa shape index (κ1) is 21.9. The Labute approximate surface area is 201 Å². The zero-order valence-corrected chi connectivity index (χ0v) is 20.1. The van der Waals surface area contributed by atoms with Gasteiger partial charge in [0.15, 0.2) is 0 Å². The van der Waals surface area contributed by atoms with Crippen LogP contribution in [0.1, 0.15) is 44.7 Å². The van der Waals surface area contributed by atoms with Gasteiger partial charge in [0.25, 0.3) is 0 Å². The van der Waals surface area contributed by atoms with E-state index in [2.05, 4.69) is 32.2 Å². The summed E-state index contributed by atoms with van der Waals surface area (Å²) in [4.78, 5) is 13.1. The summed E-state index contributed by atoms with van der Waals surface area (Å²) in [5, 5.41) is 4.32. The lowest BCUT2D eigenvalue weighted by Gasteiger charge is -2.64. The molecule has 0 unspecified atom stereocenters. The first-order chi connectivity index (χ1) is 16.3. The minimum atomic E-state index is -0.487. The van der Waals surface area contributed by atoms with Gasteiger partial charge >= 0.3 is 7.12 Å². The van der Waals surface area contributed by atoms with Crippen LogP contribution in [0, 0.1) is 17.3 Å². The molecule has 1 amide bonds. The van der Waals surface area contributed by atoms with Crippen LogP contribution in [0.3, 0.4) is 0 Å². The molecule has 3 aliphatic carbocycles. The Kier molecular flexibility index (Phi) is 5.16. The van der Waals surface area contributed by atoms with Gasteiger partial charge in [-0.15, -0.1) is 0 Å². The van der Waals surface area contributed by atoms with Gasteiger partial charge in [-0.2, -0.15) is 0 Å². The van der Waals surface area contributed by atoms with E-state index in [1.165, 1.54) is 6.42 Å². The zero-order valence-electron chi connectivity index (χ0n) is 20.1. The van der Waals surface area contributed by atoms with Crippen molar-refractivity contribution in [3.8, 4) is 0 Å². The van der Waals surface area contributed by atoms with E-state index in [4.69, 9.17) is 13.7 Å². The van der Waals surface area contributed by atoms with Crippen molar-refractivity contribution in [2.75, 3.05) is 0 Å². The molecule has 2 aromatic carbocycles. The summed E-state index contributed by atoms with van der Waals surface area (Å²) >= 11 is 0. The fourth-order valence-corrected chi connectivity index (χ4v) is 6.75. The molecule has 0 radical (unpaired) electrons. The van der Waals surface area contributed by atoms with Crippen molar-refractivity contribution in [1.29, 1.82) is 0 Å². The third-order valence-electron chi connectivity index (χ3n) is 8.85. The number of benzene rings is 2. The van der Waals surface area contributed by atoms with Crippen molar-refractivity contribution >= 4 is 24.0 Å². The first-order valence-electron chi connectivity index (χ1n) is 12.5. The summed E-state index contributed by atoms with van der Waals surface area (Å²) in [5.74, 6) is 0.826. The van der Waals surface area contributed by atoms with Gasteiger partial charge in [-0.05, 0) is 60.6 Å². The number of furan rings is 1. The Morgan fingerprint density at radius 2 is 1.85 bits per heavy atom. The average molecular weight is 457 g/mol. The predicted molar refractivity (Wildman–Crippen MR) is 132 cm³/mol. The molecule has 1 aliphatic heterocycles. The third-order valence-corrected chi connectivity index (χ3v) is 8.85. The van der Waals surface area contributed by atoms with E-state index in [1.54, 1.807) is 6.26 Å². The van der Waals surface area contributed by atoms with Gasteiger partial charge in [0.1, 0.15) is 5.58 Å². The molecule has 176 valence electrons. The number of fused-ring (bicyclic) bond motifs is 1. The third kappa shape index (κ3) is 3.50. The molecule has 1 saturated heterocycles. The second kappa shape index (κ2) is 7.99. The first-order valence-corrected chi connectivity index (χ1v) is 12.5. The van der Waals surface area contributed by atoms with Gasteiger partial charge in [0.05, 0.1) is 30.3 Å². The van der Waals surface area contributed by atoms with E-state index >= 15 is 0 Å². The summed E-state index contributed by atoms with van der Waals surface area (Å²) in [6, 6.07) is 17.8. The van der Waals surface area contributed by atoms with Crippen molar-refractivity contribution in [2.45, 2.75) is 64.1 Å². The van der Waals surface area contributed by atoms with Crippen molar-refractivity contribution < 1.29 is 18.5 Å². The highest BCUT2D eigenvalue weighted by molar-refractivity contribution is 6.48. The van der Waals surface area contributed by atoms with Gasteiger partial charge < -0.3 is 19.0 Å². The molecule has 7 rings (SSSR count). The van der Waals surface area contributed by atoms with Crippen LogP contribution < -0.4 is 5.32 Å². The quantitative estimate of drug-likeness (QED) is 0.531. The molecular weight excluding hydrogens is 425 g/mol. The lowest BCUT2D eigenvalue weighted by Crippen LogP contribution is -2.65. The number of carbonyl (C=O) groups is 1. The van der Waals surface area contributed by atoms with E-state index in [-0.39, 0.29) is 29.0 Å². The molecule has 5 nitrogen and oxygen atoms in total. The lowest BCUT2D eigenvalue weighted by atomic mass is 9.43. The molecule has 4 fully saturated rings. The molecule has 5 atom stereocenters. The Balaban J connectivity index is 1.26. The normalized spacial score (nSPS) is 30.0. The number of hydrogen-bond donors (Lipinski definition) is 1. The van der Waals surface area contributed by atoms with E-state index in [9.17, 15) is 4.79 Å². The van der Waals surface area contributed by atoms with Gasteiger partial charge in [-0.3, -0.25) is 4.79 Å². The monoisotopic (exact) mass is 457 g/mol. The Morgan fingerprint density at radius 1 is 1.09 bits per heavy atom. The maximum Gasteiger partial charge on any atom is 0.482 e. The van der Waals surface area contributed by atoms with Gasteiger partial charge in [0.2, 0.25) is 5.91 Å². The molecule has 0 spiro atoms. The minimum Gasteiger partial charge on any atom is -0.464 e. The SMILES string of the molecule is CC1(C)[C@@H]2C[C@H]3OB([C@H](Cc4coc5ccccc45)NC(=O)Cc4ccccc4)O[C@@]3(C)[C@H]1C2. The maximum absolute atomic E-state index is 13.1. The number of para-hydroxylation sites is 1. The van der Waals surface area contributed by atoms with Crippen molar-refractivity contribution in [1.82, 2.24) is 5.32 Å². The average Bonchev–Trinajstić information content (AvgIpc) is 3.39. The fraction of sp³-hybridized carbons (Fsp3) is 0.464.